The van der Waals surface area contributed by atoms with Crippen LogP contribution in [0.3, 0.4) is 0 Å². The van der Waals surface area contributed by atoms with E-state index in [2.05, 4.69) is 418 Å². The highest BCUT2D eigenvalue weighted by Crippen LogP contribution is 2.51. The molecule has 0 saturated carbocycles. The molecular weight excluding hydrogens is 1590 g/mol. The lowest BCUT2D eigenvalue weighted by atomic mass is 9.81. The molecule has 606 valence electrons. The molecule has 11 heterocycles. The first-order valence-electron chi connectivity index (χ1n) is 44.2. The van der Waals surface area contributed by atoms with Gasteiger partial charge in [-0.25, -0.2) is 34.9 Å². The molecule has 0 unspecified atom stereocenters. The highest BCUT2D eigenvalue weighted by Gasteiger charge is 2.36. The largest absolute Gasteiger partial charge is 0.309 e. The number of para-hydroxylation sites is 14. The minimum atomic E-state index is -0.0339. The van der Waals surface area contributed by atoms with E-state index >= 15 is 0 Å². The lowest BCUT2D eigenvalue weighted by Gasteiger charge is -2.22. The SMILES string of the molecule is CC1(C)c2ccccc2-c2ccc(-c3ccc4c5nc6ccccc6cc5c5nc6ccccc6n5c4c3)cc21.c1ccc(-n2c(-c3ccc(-c4ccc5c6nc7ccccc7cc6c6nc7ccccc7n6c5c4)cc3)nc3ccccc32)cc1.c1ccc2nc3c4ccc(-c5ccc(-n6c7ccccc7c7ccccc76)cc5)cc4n4c5ccccc5nc4c3cc2c1. The van der Waals surface area contributed by atoms with Gasteiger partial charge in [0.05, 0.1) is 105 Å². The van der Waals surface area contributed by atoms with Crippen molar-refractivity contribution >= 4 is 181 Å². The molecule has 1 aliphatic carbocycles. The second-order valence-electron chi connectivity index (χ2n) is 34.7. The highest BCUT2D eigenvalue weighted by atomic mass is 15.1. The van der Waals surface area contributed by atoms with Crippen LogP contribution in [0.25, 0.3) is 248 Å². The number of fused-ring (bicyclic) bond motifs is 34. The minimum Gasteiger partial charge on any atom is -0.309 e. The van der Waals surface area contributed by atoms with Crippen LogP contribution in [0.4, 0.5) is 0 Å². The predicted octanol–water partition coefficient (Wildman–Crippen LogP) is 29.4. The van der Waals surface area contributed by atoms with Crippen molar-refractivity contribution in [3.05, 3.63) is 424 Å². The van der Waals surface area contributed by atoms with Crippen LogP contribution in [-0.2, 0) is 5.41 Å². The van der Waals surface area contributed by atoms with Crippen molar-refractivity contribution in [3.8, 4) is 67.3 Å². The van der Waals surface area contributed by atoms with Crippen LogP contribution < -0.4 is 0 Å². The summed E-state index contributed by atoms with van der Waals surface area (Å²) in [4.78, 5) is 35.9. The van der Waals surface area contributed by atoms with Crippen molar-refractivity contribution in [2.75, 3.05) is 0 Å². The van der Waals surface area contributed by atoms with Gasteiger partial charge >= 0.3 is 0 Å². The Labute approximate surface area is 743 Å². The second kappa shape index (κ2) is 28.3. The maximum absolute atomic E-state index is 5.16. The lowest BCUT2D eigenvalue weighted by molar-refractivity contribution is 0.660. The molecule has 0 spiro atoms. The predicted molar refractivity (Wildman–Crippen MR) is 537 cm³/mol. The third-order valence-corrected chi connectivity index (χ3v) is 27.1. The van der Waals surface area contributed by atoms with E-state index in [0.29, 0.717) is 0 Å². The molecule has 28 aromatic rings. The molecule has 29 rings (SSSR count). The zero-order valence-corrected chi connectivity index (χ0v) is 70.6. The molecule has 11 aromatic heterocycles. The van der Waals surface area contributed by atoms with Crippen molar-refractivity contribution in [3.63, 3.8) is 0 Å². The van der Waals surface area contributed by atoms with Crippen molar-refractivity contribution in [1.82, 2.24) is 57.2 Å². The van der Waals surface area contributed by atoms with Crippen molar-refractivity contribution in [1.29, 1.82) is 0 Å². The number of rotatable bonds is 6. The Morgan fingerprint density at radius 1 is 0.192 bits per heavy atom. The third-order valence-electron chi connectivity index (χ3n) is 27.1. The first-order chi connectivity index (χ1) is 64.2. The Bertz CT molecular complexity index is 9620. The Morgan fingerprint density at radius 2 is 0.523 bits per heavy atom. The molecule has 0 fully saturated rings. The average molecular weight is 1660 g/mol. The van der Waals surface area contributed by atoms with E-state index in [9.17, 15) is 0 Å². The summed E-state index contributed by atoms with van der Waals surface area (Å²) in [6.07, 6.45) is 0. The van der Waals surface area contributed by atoms with Gasteiger partial charge in [-0.3, -0.25) is 17.8 Å². The average Bonchev–Trinajstić information content (AvgIpc) is 1.36. The second-order valence-corrected chi connectivity index (χ2v) is 34.7. The van der Waals surface area contributed by atoms with Crippen LogP contribution in [0.1, 0.15) is 25.0 Å². The smallest absolute Gasteiger partial charge is 0.147 e. The number of pyridine rings is 6. The topological polar surface area (TPSA) is 113 Å². The fourth-order valence-electron chi connectivity index (χ4n) is 20.9. The summed E-state index contributed by atoms with van der Waals surface area (Å²) < 4.78 is 11.5. The number of benzene rings is 17. The highest BCUT2D eigenvalue weighted by molar-refractivity contribution is 6.19. The summed E-state index contributed by atoms with van der Waals surface area (Å²) >= 11 is 0. The maximum atomic E-state index is 5.16. The lowest BCUT2D eigenvalue weighted by Crippen LogP contribution is -2.14. The van der Waals surface area contributed by atoms with Gasteiger partial charge in [-0.15, -0.1) is 0 Å². The van der Waals surface area contributed by atoms with E-state index in [1.54, 1.807) is 0 Å². The number of imidazole rings is 4. The molecule has 0 saturated heterocycles. The first kappa shape index (κ1) is 73.0. The van der Waals surface area contributed by atoms with Crippen LogP contribution in [0, 0.1) is 0 Å². The Kier molecular flexibility index (Phi) is 15.9. The summed E-state index contributed by atoms with van der Waals surface area (Å²) in [5, 5.41) is 12.5. The van der Waals surface area contributed by atoms with Gasteiger partial charge in [-0.05, 0) is 201 Å². The van der Waals surface area contributed by atoms with E-state index in [1.807, 2.05) is 30.3 Å². The summed E-state index contributed by atoms with van der Waals surface area (Å²) in [6, 6.07) is 147. The van der Waals surface area contributed by atoms with Crippen molar-refractivity contribution in [2.45, 2.75) is 19.3 Å². The van der Waals surface area contributed by atoms with Crippen molar-refractivity contribution in [2.24, 2.45) is 0 Å². The maximum Gasteiger partial charge on any atom is 0.147 e. The monoisotopic (exact) mass is 1660 g/mol. The van der Waals surface area contributed by atoms with Crippen LogP contribution in [0.15, 0.2) is 413 Å². The fourth-order valence-corrected chi connectivity index (χ4v) is 20.9. The summed E-state index contributed by atoms with van der Waals surface area (Å²) in [5.74, 6) is 0.925. The zero-order chi connectivity index (χ0) is 85.6. The number of hydrogen-bond donors (Lipinski definition) is 0. The van der Waals surface area contributed by atoms with Crippen LogP contribution in [0.5, 0.6) is 0 Å². The van der Waals surface area contributed by atoms with E-state index in [1.165, 1.54) is 60.8 Å². The first-order valence-corrected chi connectivity index (χ1v) is 44.2. The third kappa shape index (κ3) is 11.2. The fraction of sp³-hybridized carbons (Fsp3) is 0.0254. The molecule has 17 aromatic carbocycles. The molecule has 0 radical (unpaired) electrons. The van der Waals surface area contributed by atoms with Gasteiger partial charge in [0.25, 0.3) is 0 Å². The summed E-state index contributed by atoms with van der Waals surface area (Å²) in [7, 11) is 0. The number of hydrogen-bond acceptors (Lipinski definition) is 7. The molecule has 0 amide bonds. The molecule has 12 nitrogen and oxygen atoms in total. The zero-order valence-electron chi connectivity index (χ0n) is 70.6. The van der Waals surface area contributed by atoms with Crippen molar-refractivity contribution < 1.29 is 0 Å². The Hall–Kier alpha value is -17.4. The Balaban J connectivity index is 0.000000101. The van der Waals surface area contributed by atoms with E-state index in [0.717, 1.165) is 199 Å². The summed E-state index contributed by atoms with van der Waals surface area (Å²) in [5.41, 5.74) is 38.6. The number of aromatic nitrogens is 12. The van der Waals surface area contributed by atoms with Crippen LogP contribution in [-0.4, -0.2) is 57.2 Å². The van der Waals surface area contributed by atoms with Gasteiger partial charge in [0.15, 0.2) is 0 Å². The molecular formula is C118H74N12. The molecule has 0 atom stereocenters. The van der Waals surface area contributed by atoms with E-state index < -0.39 is 0 Å². The van der Waals surface area contributed by atoms with Crippen LogP contribution >= 0.6 is 0 Å². The van der Waals surface area contributed by atoms with E-state index in [4.69, 9.17) is 34.9 Å². The van der Waals surface area contributed by atoms with E-state index in [-0.39, 0.29) is 5.41 Å². The van der Waals surface area contributed by atoms with Crippen LogP contribution in [0.2, 0.25) is 0 Å². The van der Waals surface area contributed by atoms with Gasteiger partial charge < -0.3 is 4.57 Å². The minimum absolute atomic E-state index is 0.0339. The molecule has 0 bridgehead atoms. The van der Waals surface area contributed by atoms with Gasteiger partial charge in [-0.2, -0.15) is 0 Å². The molecule has 0 aliphatic heterocycles. The van der Waals surface area contributed by atoms with Gasteiger partial charge in [-0.1, -0.05) is 281 Å². The molecule has 130 heavy (non-hydrogen) atoms. The quantitative estimate of drug-likeness (QED) is 0.120. The molecule has 12 heteroatoms. The van der Waals surface area contributed by atoms with Gasteiger partial charge in [0, 0.05) is 81.6 Å². The molecule has 1 aliphatic rings. The normalized spacial score (nSPS) is 12.6. The van der Waals surface area contributed by atoms with Gasteiger partial charge in [0.2, 0.25) is 0 Å². The number of nitrogens with zero attached hydrogens (tertiary/aromatic N) is 12. The molecule has 0 N–H and O–H groups in total. The standard InChI is InChI=1S/C41H25N5.C40H24N4.C37H25N3/c1-2-11-30(12-3-1)45-36-16-8-6-14-34(36)43-40(45)27-20-18-26(19-21-27)28-22-23-31-38(25-28)46-37-17-9-7-15-35(37)44-41(46)32-24-29-10-4-5-13-33(29)42-39(31)32;1-4-12-33-27(9-1)23-32-39(41-33)31-22-19-26(24-38(31)44-37-16-8-5-13-34(37)42-40(32)44)25-17-20-28(21-18-25)43-35-14-6-2-10-29(35)30-11-3-7-15-36(30)43;1-37(2)29-11-5-4-10-25(29)26-17-15-22(20-30(26)37)23-16-18-27-34(21-23)40-33-14-8-7-13-32(33)39-36(40)28-19-24-9-3-6-12-31(24)38-35(27)28/h1-25H;1-24H;3-21H,1-2H3. The Morgan fingerprint density at radius 3 is 0.992 bits per heavy atom. The van der Waals surface area contributed by atoms with Gasteiger partial charge in [0.1, 0.15) is 22.8 Å². The summed E-state index contributed by atoms with van der Waals surface area (Å²) in [6.45, 7) is 4.68.